The molecule has 0 spiro atoms. The van der Waals surface area contributed by atoms with Gasteiger partial charge in [-0.15, -0.1) is 0 Å². The Morgan fingerprint density at radius 3 is 0.800 bits per heavy atom. The topological polar surface area (TPSA) is 105 Å². The number of hydrogen-bond donors (Lipinski definition) is 0. The molecule has 11 heteroatoms. The Labute approximate surface area is 229 Å². The summed E-state index contributed by atoms with van der Waals surface area (Å²) in [5.74, 6) is -0.153. The molecule has 208 valence electrons. The fraction of sp³-hybridized carbons (Fsp3) is 0.833. The van der Waals surface area contributed by atoms with Crippen LogP contribution in [0, 0.1) is 0 Å². The molecule has 0 aliphatic heterocycles. The Bertz CT molecular complexity index is 547. The standard InChI is InChI=1S/2C12H24O4Si.Pt/c2*1-6-8-10(13)12(11(14)9-7-2)17(5,15-3)16-4;/h2*12H,6-9H2,1-5H3;/q;;+2. The van der Waals surface area contributed by atoms with E-state index in [0.29, 0.717) is 25.7 Å². The minimum absolute atomic E-state index is 0. The third kappa shape index (κ3) is 12.6. The molecule has 0 aromatic rings. The molecular formula is C24H48O8PtSi2+2. The van der Waals surface area contributed by atoms with Crippen LogP contribution in [0.5, 0.6) is 0 Å². The molecule has 0 amide bonds. The summed E-state index contributed by atoms with van der Waals surface area (Å²) < 4.78 is 21.4. The zero-order chi connectivity index (χ0) is 26.9. The van der Waals surface area contributed by atoms with E-state index >= 15 is 0 Å². The number of Topliss-reactive ketones (excluding diaryl/α,β-unsaturated/α-hetero) is 4. The van der Waals surface area contributed by atoms with E-state index in [4.69, 9.17) is 17.7 Å². The van der Waals surface area contributed by atoms with Crippen molar-refractivity contribution in [3.63, 3.8) is 0 Å². The van der Waals surface area contributed by atoms with Crippen LogP contribution in [0.4, 0.5) is 0 Å². The molecule has 0 aromatic carbocycles. The van der Waals surface area contributed by atoms with Crippen molar-refractivity contribution in [3.05, 3.63) is 0 Å². The molecule has 0 rings (SSSR count). The second kappa shape index (κ2) is 20.7. The zero-order valence-electron chi connectivity index (χ0n) is 23.4. The van der Waals surface area contributed by atoms with Gasteiger partial charge in [-0.05, 0) is 38.8 Å². The van der Waals surface area contributed by atoms with Crippen molar-refractivity contribution in [2.24, 2.45) is 0 Å². The van der Waals surface area contributed by atoms with E-state index in [1.807, 2.05) is 27.7 Å². The molecule has 0 saturated carbocycles. The monoisotopic (exact) mass is 715 g/mol. The van der Waals surface area contributed by atoms with E-state index in [9.17, 15) is 19.2 Å². The van der Waals surface area contributed by atoms with Crippen LogP contribution < -0.4 is 0 Å². The van der Waals surface area contributed by atoms with Crippen molar-refractivity contribution < 1.29 is 57.9 Å². The van der Waals surface area contributed by atoms with Crippen molar-refractivity contribution in [2.45, 2.75) is 103 Å². The van der Waals surface area contributed by atoms with E-state index in [0.717, 1.165) is 25.7 Å². The molecule has 0 aliphatic rings. The van der Waals surface area contributed by atoms with Crippen molar-refractivity contribution >= 4 is 40.3 Å². The minimum atomic E-state index is -2.73. The molecule has 8 nitrogen and oxygen atoms in total. The van der Waals surface area contributed by atoms with Crippen LogP contribution in [0.3, 0.4) is 0 Å². The van der Waals surface area contributed by atoms with Crippen molar-refractivity contribution in [1.29, 1.82) is 0 Å². The Balaban J connectivity index is -0.000000569. The van der Waals surface area contributed by atoms with Gasteiger partial charge in [0.25, 0.3) is 0 Å². The van der Waals surface area contributed by atoms with E-state index < -0.39 is 28.2 Å². The van der Waals surface area contributed by atoms with Gasteiger partial charge in [0.1, 0.15) is 34.2 Å². The predicted molar refractivity (Wildman–Crippen MR) is 138 cm³/mol. The normalized spacial score (nSPS) is 11.5. The molecule has 0 radical (unpaired) electrons. The first-order valence-corrected chi connectivity index (χ1v) is 17.0. The fourth-order valence-corrected chi connectivity index (χ4v) is 7.92. The predicted octanol–water partition coefficient (Wildman–Crippen LogP) is 4.92. The van der Waals surface area contributed by atoms with E-state index in [1.165, 1.54) is 28.4 Å². The molecule has 35 heavy (non-hydrogen) atoms. The summed E-state index contributed by atoms with van der Waals surface area (Å²) in [5, 5.41) is 0. The number of carbonyl (C=O) groups is 4. The summed E-state index contributed by atoms with van der Waals surface area (Å²) >= 11 is 0. The Morgan fingerprint density at radius 1 is 0.514 bits per heavy atom. The average Bonchev–Trinajstić information content (AvgIpc) is 2.80. The third-order valence-electron chi connectivity index (χ3n) is 5.94. The van der Waals surface area contributed by atoms with Gasteiger partial charge in [0.05, 0.1) is 0 Å². The van der Waals surface area contributed by atoms with Gasteiger partial charge in [-0.3, -0.25) is 19.2 Å². The molecule has 0 aromatic heterocycles. The van der Waals surface area contributed by atoms with Gasteiger partial charge in [-0.1, -0.05) is 27.7 Å². The van der Waals surface area contributed by atoms with Crippen molar-refractivity contribution in [2.75, 3.05) is 28.4 Å². The summed E-state index contributed by atoms with van der Waals surface area (Å²) in [7, 11) is 0.607. The smallest absolute Gasteiger partial charge is 0.397 e. The fourth-order valence-electron chi connectivity index (χ4n) is 3.73. The molecule has 0 heterocycles. The summed E-state index contributed by atoms with van der Waals surface area (Å²) in [6.07, 6.45) is 4.62. The van der Waals surface area contributed by atoms with Crippen LogP contribution in [-0.2, 0) is 57.9 Å². The Kier molecular flexibility index (Phi) is 23.1. The summed E-state index contributed by atoms with van der Waals surface area (Å²) in [5.41, 5.74) is -1.37. The average molecular weight is 716 g/mol. The number of hydrogen-bond acceptors (Lipinski definition) is 8. The van der Waals surface area contributed by atoms with Crippen molar-refractivity contribution in [1.82, 2.24) is 0 Å². The van der Waals surface area contributed by atoms with Crippen molar-refractivity contribution in [3.8, 4) is 0 Å². The molecule has 0 N–H and O–H groups in total. The maximum absolute atomic E-state index is 12.1. The zero-order valence-corrected chi connectivity index (χ0v) is 27.7. The molecule has 0 aliphatic carbocycles. The van der Waals surface area contributed by atoms with Crippen LogP contribution in [0.2, 0.25) is 24.2 Å². The van der Waals surface area contributed by atoms with Gasteiger partial charge in [0.2, 0.25) is 0 Å². The quantitative estimate of drug-likeness (QED) is 0.146. The van der Waals surface area contributed by atoms with Crippen LogP contribution >= 0.6 is 0 Å². The maximum Gasteiger partial charge on any atom is 2.00 e. The SMILES string of the molecule is CCCC(=O)C(C(=O)CCC)[Si](C)(OC)OC.CCCC(=O)C(C(=O)CCC)[Si](C)(OC)OC.[Pt+2]. The minimum Gasteiger partial charge on any atom is -0.397 e. The Morgan fingerprint density at radius 2 is 0.686 bits per heavy atom. The van der Waals surface area contributed by atoms with Gasteiger partial charge in [0.15, 0.2) is 0 Å². The number of ketones is 4. The van der Waals surface area contributed by atoms with Gasteiger partial charge >= 0.3 is 38.2 Å². The van der Waals surface area contributed by atoms with E-state index in [1.54, 1.807) is 13.1 Å². The van der Waals surface area contributed by atoms with Gasteiger partial charge in [0, 0.05) is 54.1 Å². The number of carbonyl (C=O) groups excluding carboxylic acids is 4. The van der Waals surface area contributed by atoms with E-state index in [-0.39, 0.29) is 44.2 Å². The van der Waals surface area contributed by atoms with E-state index in [2.05, 4.69) is 0 Å². The molecule has 0 fully saturated rings. The van der Waals surface area contributed by atoms with Gasteiger partial charge in [-0.2, -0.15) is 0 Å². The first-order chi connectivity index (χ1) is 15.9. The first-order valence-electron chi connectivity index (χ1n) is 12.2. The molecule has 0 atom stereocenters. The van der Waals surface area contributed by atoms with Crippen LogP contribution in [0.1, 0.15) is 79.1 Å². The summed E-state index contributed by atoms with van der Waals surface area (Å²) in [6, 6.07) is 0. The number of rotatable bonds is 18. The molecule has 0 bridgehead atoms. The second-order valence-corrected chi connectivity index (χ2v) is 15.4. The van der Waals surface area contributed by atoms with Crippen LogP contribution in [0.25, 0.3) is 0 Å². The maximum atomic E-state index is 12.1. The third-order valence-corrected chi connectivity index (χ3v) is 12.6. The largest absolute Gasteiger partial charge is 2.00 e. The van der Waals surface area contributed by atoms with Crippen LogP contribution in [0.15, 0.2) is 0 Å². The second-order valence-electron chi connectivity index (χ2n) is 8.58. The summed E-state index contributed by atoms with van der Waals surface area (Å²) in [6.45, 7) is 11.3. The summed E-state index contributed by atoms with van der Waals surface area (Å²) in [4.78, 5) is 48.3. The first kappa shape index (κ1) is 39.2. The Hall–Kier alpha value is -0.358. The molecular weight excluding hydrogens is 668 g/mol. The van der Waals surface area contributed by atoms with Gasteiger partial charge in [-0.25, -0.2) is 0 Å². The molecule has 0 saturated heterocycles. The van der Waals surface area contributed by atoms with Crippen LogP contribution in [-0.4, -0.2) is 68.7 Å². The molecule has 0 unspecified atom stereocenters. The van der Waals surface area contributed by atoms with Gasteiger partial charge < -0.3 is 17.7 Å².